The summed E-state index contributed by atoms with van der Waals surface area (Å²) in [4.78, 5) is 0. The van der Waals surface area contributed by atoms with E-state index in [9.17, 15) is 0 Å². The van der Waals surface area contributed by atoms with Crippen LogP contribution in [0.3, 0.4) is 0 Å². The van der Waals surface area contributed by atoms with Gasteiger partial charge in [-0.2, -0.15) is 0 Å². The van der Waals surface area contributed by atoms with E-state index in [1.165, 1.54) is 0 Å². The first-order valence-corrected chi connectivity index (χ1v) is 2.71. The summed E-state index contributed by atoms with van der Waals surface area (Å²) in [5, 5.41) is 0. The smallest absolute Gasteiger partial charge is 0.0575 e. The van der Waals surface area contributed by atoms with Crippen molar-refractivity contribution in [3.8, 4) is 0 Å². The van der Waals surface area contributed by atoms with Crippen molar-refractivity contribution in [2.75, 3.05) is 0 Å². The normalized spacial score (nSPS) is 36.4. The monoisotopic (exact) mass is 99.1 g/mol. The van der Waals surface area contributed by atoms with Gasteiger partial charge in [-0.25, -0.2) is 0 Å². The summed E-state index contributed by atoms with van der Waals surface area (Å²) < 4.78 is 22.3. The van der Waals surface area contributed by atoms with Crippen LogP contribution in [-0.2, 0) is 0 Å². The molecule has 1 rings (SSSR count). The highest BCUT2D eigenvalue weighted by Gasteiger charge is 1.95. The zero-order valence-electron chi connectivity index (χ0n) is 7.62. The molecule has 0 aromatic carbocycles. The zero-order chi connectivity index (χ0) is 7.78. The summed E-state index contributed by atoms with van der Waals surface area (Å²) >= 11 is 0. The van der Waals surface area contributed by atoms with Crippen LogP contribution in [0.1, 0.15) is 36.7 Å². The maximum absolute atomic E-state index is 7.45. The average Bonchev–Trinajstić information content (AvgIpc) is 1.83. The van der Waals surface area contributed by atoms with E-state index >= 15 is 0 Å². The lowest BCUT2D eigenvalue weighted by Gasteiger charge is -2.05. The van der Waals surface area contributed by atoms with Gasteiger partial charge in [0.2, 0.25) is 0 Å². The Morgan fingerprint density at radius 1 is 1.86 bits per heavy atom. The lowest BCUT2D eigenvalue weighted by Crippen LogP contribution is -1.85. The molecular weight excluding hydrogens is 84.1 g/mol. The standard InChI is InChI=1S/C7H12/c1-7-5-3-2-4-6-7/h5H,2-4,6H2,1H3/i5D,6D2. The van der Waals surface area contributed by atoms with Crippen molar-refractivity contribution in [2.45, 2.75) is 32.6 Å². The molecule has 0 amide bonds. The predicted octanol–water partition coefficient (Wildman–Crippen LogP) is 2.51. The molecule has 0 bridgehead atoms. The summed E-state index contributed by atoms with van der Waals surface area (Å²) in [5.41, 5.74) is 0.624. The molecule has 1 aliphatic carbocycles. The summed E-state index contributed by atoms with van der Waals surface area (Å²) in [7, 11) is 0. The van der Waals surface area contributed by atoms with E-state index in [2.05, 4.69) is 0 Å². The van der Waals surface area contributed by atoms with Crippen LogP contribution in [0.15, 0.2) is 11.6 Å². The molecular formula is C7H12. The minimum atomic E-state index is -1.20. The van der Waals surface area contributed by atoms with Gasteiger partial charge in [-0.05, 0) is 32.6 Å². The number of rotatable bonds is 0. The highest BCUT2D eigenvalue weighted by molar-refractivity contribution is 5.00. The van der Waals surface area contributed by atoms with Gasteiger partial charge in [-0.1, -0.05) is 11.6 Å². The fourth-order valence-electron chi connectivity index (χ4n) is 0.703. The molecule has 0 radical (unpaired) electrons. The van der Waals surface area contributed by atoms with Crippen LogP contribution in [0.2, 0.25) is 0 Å². The first-order valence-electron chi connectivity index (χ1n) is 4.21. The number of hydrogen-bond donors (Lipinski definition) is 0. The quantitative estimate of drug-likeness (QED) is 0.409. The topological polar surface area (TPSA) is 0 Å². The molecule has 7 heavy (non-hydrogen) atoms. The Morgan fingerprint density at radius 3 is 3.29 bits per heavy atom. The van der Waals surface area contributed by atoms with Crippen molar-refractivity contribution in [1.82, 2.24) is 0 Å². The van der Waals surface area contributed by atoms with Gasteiger partial charge in [0.05, 0.1) is 1.37 Å². The van der Waals surface area contributed by atoms with Crippen LogP contribution >= 0.6 is 0 Å². The maximum Gasteiger partial charge on any atom is 0.0575 e. The van der Waals surface area contributed by atoms with Gasteiger partial charge in [-0.3, -0.25) is 0 Å². The van der Waals surface area contributed by atoms with Gasteiger partial charge in [0.1, 0.15) is 0 Å². The molecule has 0 N–H and O–H groups in total. The van der Waals surface area contributed by atoms with Gasteiger partial charge in [0.25, 0.3) is 0 Å². The van der Waals surface area contributed by atoms with Crippen molar-refractivity contribution in [2.24, 2.45) is 0 Å². The predicted molar refractivity (Wildman–Crippen MR) is 32.2 cm³/mol. The highest BCUT2D eigenvalue weighted by Crippen LogP contribution is 2.15. The molecule has 0 heterocycles. The fraction of sp³-hybridized carbons (Fsp3) is 0.714. The van der Waals surface area contributed by atoms with Gasteiger partial charge in [-0.15, -0.1) is 0 Å². The molecule has 0 spiro atoms. The fourth-order valence-corrected chi connectivity index (χ4v) is 0.703. The molecule has 0 aliphatic heterocycles. The molecule has 0 fully saturated rings. The third-order valence-corrected chi connectivity index (χ3v) is 1.13. The van der Waals surface area contributed by atoms with Crippen LogP contribution in [0.25, 0.3) is 0 Å². The molecule has 1 aliphatic rings. The minimum Gasteiger partial charge on any atom is -0.0856 e. The van der Waals surface area contributed by atoms with E-state index in [0.717, 1.165) is 12.8 Å². The van der Waals surface area contributed by atoms with E-state index in [4.69, 9.17) is 4.11 Å². The Morgan fingerprint density at radius 2 is 2.71 bits per heavy atom. The molecule has 0 saturated carbocycles. The highest BCUT2D eigenvalue weighted by atomic mass is 14.0. The zero-order valence-corrected chi connectivity index (χ0v) is 4.62. The second kappa shape index (κ2) is 2.15. The molecule has 0 atom stereocenters. The first kappa shape index (κ1) is 2.34. The van der Waals surface area contributed by atoms with Gasteiger partial charge in [0.15, 0.2) is 0 Å². The Balaban J connectivity index is 2.89. The van der Waals surface area contributed by atoms with Crippen molar-refractivity contribution in [3.63, 3.8) is 0 Å². The molecule has 0 aromatic rings. The number of allylic oxidation sites excluding steroid dienone is 2. The van der Waals surface area contributed by atoms with Crippen LogP contribution in [0, 0.1) is 0 Å². The second-order valence-corrected chi connectivity index (χ2v) is 1.83. The second-order valence-electron chi connectivity index (χ2n) is 1.83. The molecule has 0 heteroatoms. The molecule has 0 nitrogen and oxygen atoms in total. The van der Waals surface area contributed by atoms with Crippen LogP contribution in [0.4, 0.5) is 0 Å². The van der Waals surface area contributed by atoms with E-state index in [-0.39, 0.29) is 0 Å². The van der Waals surface area contributed by atoms with Crippen molar-refractivity contribution >= 4 is 0 Å². The lowest BCUT2D eigenvalue weighted by atomic mass is 10.0. The van der Waals surface area contributed by atoms with E-state index in [0.29, 0.717) is 18.0 Å². The van der Waals surface area contributed by atoms with E-state index in [1.807, 2.05) is 0 Å². The summed E-state index contributed by atoms with van der Waals surface area (Å²) in [6.07, 6.45) is 0.963. The van der Waals surface area contributed by atoms with Crippen LogP contribution < -0.4 is 0 Å². The molecule has 40 valence electrons. The summed E-state index contributed by atoms with van der Waals surface area (Å²) in [5.74, 6) is 0. The first-order chi connectivity index (χ1) is 4.54. The van der Waals surface area contributed by atoms with Crippen LogP contribution in [0.5, 0.6) is 0 Å². The molecule has 0 saturated heterocycles. The lowest BCUT2D eigenvalue weighted by molar-refractivity contribution is 0.702. The van der Waals surface area contributed by atoms with Crippen molar-refractivity contribution < 1.29 is 4.11 Å². The van der Waals surface area contributed by atoms with Crippen LogP contribution in [-0.4, -0.2) is 0 Å². The maximum atomic E-state index is 7.45. The van der Waals surface area contributed by atoms with Gasteiger partial charge < -0.3 is 0 Å². The molecule has 0 unspecified atom stereocenters. The van der Waals surface area contributed by atoms with Gasteiger partial charge >= 0.3 is 0 Å². The third-order valence-electron chi connectivity index (χ3n) is 1.13. The Hall–Kier alpha value is -0.260. The Labute approximate surface area is 49.4 Å². The number of hydrogen-bond acceptors (Lipinski definition) is 0. The van der Waals surface area contributed by atoms with E-state index in [1.54, 1.807) is 6.92 Å². The minimum absolute atomic E-state index is 0.497. The Bertz CT molecular complexity index is 170. The Kier molecular flexibility index (Phi) is 0.720. The average molecular weight is 99.2 g/mol. The SMILES string of the molecule is [2H]C1=C(C)C([2H])([2H])CCC1. The summed E-state index contributed by atoms with van der Waals surface area (Å²) in [6.45, 7) is 1.72. The summed E-state index contributed by atoms with van der Waals surface area (Å²) in [6, 6.07) is 0.497. The van der Waals surface area contributed by atoms with Crippen molar-refractivity contribution in [1.29, 1.82) is 0 Å². The van der Waals surface area contributed by atoms with E-state index < -0.39 is 6.37 Å². The largest absolute Gasteiger partial charge is 0.0856 e. The third kappa shape index (κ3) is 1.34. The molecule has 0 aromatic heterocycles. The van der Waals surface area contributed by atoms with Gasteiger partial charge in [0, 0.05) is 2.74 Å². The van der Waals surface area contributed by atoms with Crippen molar-refractivity contribution in [3.05, 3.63) is 11.6 Å².